The number of aryl methyl sites for hydroxylation is 2. The summed E-state index contributed by atoms with van der Waals surface area (Å²) in [4.78, 5) is 25.6. The molecule has 1 aliphatic rings. The Morgan fingerprint density at radius 2 is 1.91 bits per heavy atom. The van der Waals surface area contributed by atoms with Crippen molar-refractivity contribution < 1.29 is 4.79 Å². The van der Waals surface area contributed by atoms with Gasteiger partial charge in [0.25, 0.3) is 5.91 Å². The highest BCUT2D eigenvalue weighted by Gasteiger charge is 2.29. The Bertz CT molecular complexity index is 779. The maximum Gasteiger partial charge on any atom is 0.264 e. The van der Waals surface area contributed by atoms with Gasteiger partial charge >= 0.3 is 0 Å². The Morgan fingerprint density at radius 1 is 1.26 bits per heavy atom. The van der Waals surface area contributed by atoms with Crippen LogP contribution in [0.2, 0.25) is 0 Å². The van der Waals surface area contributed by atoms with Crippen LogP contribution in [0.25, 0.3) is 10.2 Å². The smallest absolute Gasteiger partial charge is 0.264 e. The summed E-state index contributed by atoms with van der Waals surface area (Å²) in [6.45, 7) is 12.5. The van der Waals surface area contributed by atoms with Gasteiger partial charge in [0, 0.05) is 24.4 Å². The number of amides is 1. The molecule has 0 aliphatic heterocycles. The van der Waals surface area contributed by atoms with Crippen LogP contribution in [0.4, 0.5) is 0 Å². The van der Waals surface area contributed by atoms with E-state index in [0.29, 0.717) is 19.0 Å². The van der Waals surface area contributed by atoms with Crippen molar-refractivity contribution in [3.05, 3.63) is 47.3 Å². The Hall–Kier alpha value is -2.01. The SMILES string of the molecule is C=CCN(CC=C)C(=O)c1sc2nc(C3CC3)nc(C)c2c1C. The number of hydrogen-bond donors (Lipinski definition) is 0. The minimum absolute atomic E-state index is 0.0117. The molecule has 0 N–H and O–H groups in total. The molecule has 3 rings (SSSR count). The molecule has 5 heteroatoms. The fourth-order valence-corrected chi connectivity index (χ4v) is 3.99. The zero-order valence-corrected chi connectivity index (χ0v) is 14.4. The third kappa shape index (κ3) is 2.93. The number of thiophene rings is 1. The largest absolute Gasteiger partial charge is 0.331 e. The average Bonchev–Trinajstić information content (AvgIpc) is 3.31. The van der Waals surface area contributed by atoms with Gasteiger partial charge in [-0.2, -0.15) is 0 Å². The van der Waals surface area contributed by atoms with Crippen molar-refractivity contribution in [2.45, 2.75) is 32.6 Å². The fourth-order valence-electron chi connectivity index (χ4n) is 2.78. The molecule has 1 amide bonds. The van der Waals surface area contributed by atoms with Gasteiger partial charge in [0.15, 0.2) is 0 Å². The lowest BCUT2D eigenvalue weighted by Gasteiger charge is -2.18. The maximum absolute atomic E-state index is 12.9. The monoisotopic (exact) mass is 327 g/mol. The van der Waals surface area contributed by atoms with Crippen molar-refractivity contribution in [3.63, 3.8) is 0 Å². The molecule has 0 bridgehead atoms. The number of hydrogen-bond acceptors (Lipinski definition) is 4. The van der Waals surface area contributed by atoms with Crippen molar-refractivity contribution in [3.8, 4) is 0 Å². The summed E-state index contributed by atoms with van der Waals surface area (Å²) in [7, 11) is 0. The summed E-state index contributed by atoms with van der Waals surface area (Å²) < 4.78 is 0. The first-order chi connectivity index (χ1) is 11.1. The molecule has 120 valence electrons. The second-order valence-electron chi connectivity index (χ2n) is 5.97. The quantitative estimate of drug-likeness (QED) is 0.753. The molecule has 0 aromatic carbocycles. The van der Waals surface area contributed by atoms with Gasteiger partial charge in [-0.05, 0) is 32.3 Å². The highest BCUT2D eigenvalue weighted by molar-refractivity contribution is 7.20. The first-order valence-corrected chi connectivity index (χ1v) is 8.67. The fraction of sp³-hybridized carbons (Fsp3) is 0.389. The van der Waals surface area contributed by atoms with Crippen molar-refractivity contribution in [1.82, 2.24) is 14.9 Å². The second kappa shape index (κ2) is 6.24. The van der Waals surface area contributed by atoms with Crippen LogP contribution >= 0.6 is 11.3 Å². The standard InChI is InChI=1S/C18H21N3OS/c1-5-9-21(10-6-2)18(22)15-11(3)14-12(4)19-16(13-7-8-13)20-17(14)23-15/h5-6,13H,1-2,7-10H2,3-4H3. The summed E-state index contributed by atoms with van der Waals surface area (Å²) in [5.74, 6) is 1.46. The first kappa shape index (κ1) is 15.9. The summed E-state index contributed by atoms with van der Waals surface area (Å²) in [6.07, 6.45) is 5.82. The van der Waals surface area contributed by atoms with Crippen LogP contribution in [-0.4, -0.2) is 33.9 Å². The molecular formula is C18H21N3OS. The van der Waals surface area contributed by atoms with Crippen LogP contribution < -0.4 is 0 Å². The van der Waals surface area contributed by atoms with Gasteiger partial charge in [-0.3, -0.25) is 4.79 Å². The molecule has 0 unspecified atom stereocenters. The Balaban J connectivity index is 2.05. The molecule has 1 fully saturated rings. The van der Waals surface area contributed by atoms with Gasteiger partial charge in [-0.15, -0.1) is 24.5 Å². The summed E-state index contributed by atoms with van der Waals surface area (Å²) >= 11 is 1.47. The molecule has 0 atom stereocenters. The van der Waals surface area contributed by atoms with Crippen LogP contribution in [-0.2, 0) is 0 Å². The van der Waals surface area contributed by atoms with E-state index in [1.165, 1.54) is 24.2 Å². The van der Waals surface area contributed by atoms with E-state index in [2.05, 4.69) is 18.1 Å². The van der Waals surface area contributed by atoms with Crippen molar-refractivity contribution in [2.24, 2.45) is 0 Å². The third-order valence-electron chi connectivity index (χ3n) is 4.11. The number of fused-ring (bicyclic) bond motifs is 1. The lowest BCUT2D eigenvalue weighted by Crippen LogP contribution is -2.31. The van der Waals surface area contributed by atoms with Gasteiger partial charge < -0.3 is 4.90 Å². The van der Waals surface area contributed by atoms with Crippen LogP contribution in [0.1, 0.15) is 45.5 Å². The predicted octanol–water partition coefficient (Wildman–Crippen LogP) is 4.00. The van der Waals surface area contributed by atoms with Crippen LogP contribution in [0.5, 0.6) is 0 Å². The molecule has 0 radical (unpaired) electrons. The van der Waals surface area contributed by atoms with E-state index in [1.807, 2.05) is 13.8 Å². The molecule has 1 saturated carbocycles. The number of rotatable bonds is 6. The lowest BCUT2D eigenvalue weighted by atomic mass is 10.1. The molecule has 0 spiro atoms. The van der Waals surface area contributed by atoms with Gasteiger partial charge in [-0.1, -0.05) is 12.2 Å². The van der Waals surface area contributed by atoms with Gasteiger partial charge in [0.05, 0.1) is 10.6 Å². The molecule has 2 aromatic rings. The average molecular weight is 327 g/mol. The molecule has 2 aromatic heterocycles. The highest BCUT2D eigenvalue weighted by atomic mass is 32.1. The van der Waals surface area contributed by atoms with E-state index >= 15 is 0 Å². The van der Waals surface area contributed by atoms with Gasteiger partial charge in [-0.25, -0.2) is 9.97 Å². The van der Waals surface area contributed by atoms with Crippen LogP contribution in [0, 0.1) is 13.8 Å². The minimum atomic E-state index is 0.0117. The third-order valence-corrected chi connectivity index (χ3v) is 5.28. The zero-order valence-electron chi connectivity index (χ0n) is 13.6. The molecule has 1 aliphatic carbocycles. The summed E-state index contributed by atoms with van der Waals surface area (Å²) in [6, 6.07) is 0. The Morgan fingerprint density at radius 3 is 2.48 bits per heavy atom. The second-order valence-corrected chi connectivity index (χ2v) is 6.96. The highest BCUT2D eigenvalue weighted by Crippen LogP contribution is 2.40. The predicted molar refractivity (Wildman–Crippen MR) is 95.2 cm³/mol. The van der Waals surface area contributed by atoms with Crippen LogP contribution in [0.15, 0.2) is 25.3 Å². The molecule has 4 nitrogen and oxygen atoms in total. The topological polar surface area (TPSA) is 46.1 Å². The van der Waals surface area contributed by atoms with Crippen molar-refractivity contribution >= 4 is 27.5 Å². The molecule has 23 heavy (non-hydrogen) atoms. The number of carbonyl (C=O) groups is 1. The molecule has 2 heterocycles. The van der Waals surface area contributed by atoms with E-state index in [4.69, 9.17) is 4.98 Å². The minimum Gasteiger partial charge on any atom is -0.331 e. The first-order valence-electron chi connectivity index (χ1n) is 7.85. The maximum atomic E-state index is 12.9. The molecular weight excluding hydrogens is 306 g/mol. The lowest BCUT2D eigenvalue weighted by molar-refractivity contribution is 0.0795. The summed E-state index contributed by atoms with van der Waals surface area (Å²) in [5.41, 5.74) is 1.96. The number of aromatic nitrogens is 2. The number of carbonyl (C=O) groups excluding carboxylic acids is 1. The Labute approximate surface area is 140 Å². The van der Waals surface area contributed by atoms with Crippen molar-refractivity contribution in [2.75, 3.05) is 13.1 Å². The van der Waals surface area contributed by atoms with E-state index in [1.54, 1.807) is 17.1 Å². The molecule has 0 saturated heterocycles. The van der Waals surface area contributed by atoms with E-state index in [-0.39, 0.29) is 5.91 Å². The van der Waals surface area contributed by atoms with Gasteiger partial charge in [0.1, 0.15) is 10.7 Å². The van der Waals surface area contributed by atoms with Crippen LogP contribution in [0.3, 0.4) is 0 Å². The number of nitrogens with zero attached hydrogens (tertiary/aromatic N) is 3. The van der Waals surface area contributed by atoms with E-state index in [9.17, 15) is 4.79 Å². The van der Waals surface area contributed by atoms with Crippen molar-refractivity contribution in [1.29, 1.82) is 0 Å². The normalized spacial score (nSPS) is 14.0. The zero-order chi connectivity index (χ0) is 16.6. The van der Waals surface area contributed by atoms with E-state index in [0.717, 1.165) is 32.2 Å². The van der Waals surface area contributed by atoms with E-state index < -0.39 is 0 Å². The summed E-state index contributed by atoms with van der Waals surface area (Å²) in [5, 5.41) is 1.03. The van der Waals surface area contributed by atoms with Gasteiger partial charge in [0.2, 0.25) is 0 Å². The Kier molecular flexibility index (Phi) is 4.31.